The normalized spacial score (nSPS) is 27.4. The van der Waals surface area contributed by atoms with Gasteiger partial charge in [0, 0.05) is 37.2 Å². The van der Waals surface area contributed by atoms with Gasteiger partial charge in [-0.15, -0.1) is 0 Å². The van der Waals surface area contributed by atoms with Crippen LogP contribution in [0.15, 0.2) is 30.9 Å². The van der Waals surface area contributed by atoms with Gasteiger partial charge in [0.1, 0.15) is 5.69 Å². The zero-order chi connectivity index (χ0) is 14.8. The third-order valence-corrected chi connectivity index (χ3v) is 4.58. The first-order chi connectivity index (χ1) is 10.9. The smallest absolute Gasteiger partial charge is 0.223 e. The molecule has 3 unspecified atom stereocenters. The molecule has 2 aromatic rings. The summed E-state index contributed by atoms with van der Waals surface area (Å²) in [6, 6.07) is 2.26. The highest BCUT2D eigenvalue weighted by atomic mass is 16.5. The lowest BCUT2D eigenvalue weighted by Crippen LogP contribution is -2.38. The topological polar surface area (TPSA) is 72.8 Å². The number of nitrogens with one attached hydrogen (secondary N) is 1. The maximum atomic E-state index is 5.82. The quantitative estimate of drug-likeness (QED) is 0.937. The summed E-state index contributed by atoms with van der Waals surface area (Å²) >= 11 is 0. The highest BCUT2D eigenvalue weighted by Gasteiger charge is 2.37. The van der Waals surface area contributed by atoms with Crippen LogP contribution in [0.5, 0.6) is 0 Å². The first-order valence-corrected chi connectivity index (χ1v) is 7.88. The number of nitrogens with zero attached hydrogens (tertiary/aromatic N) is 4. The van der Waals surface area contributed by atoms with Gasteiger partial charge in [0.15, 0.2) is 0 Å². The molecule has 6 heteroatoms. The number of hydrogen-bond acceptors (Lipinski definition) is 6. The first-order valence-electron chi connectivity index (χ1n) is 7.88. The van der Waals surface area contributed by atoms with E-state index in [1.54, 1.807) is 24.8 Å². The molecule has 114 valence electrons. The van der Waals surface area contributed by atoms with Gasteiger partial charge in [-0.2, -0.15) is 0 Å². The van der Waals surface area contributed by atoms with Crippen molar-refractivity contribution in [3.05, 3.63) is 30.9 Å². The van der Waals surface area contributed by atoms with E-state index in [4.69, 9.17) is 4.74 Å². The Morgan fingerprint density at radius 2 is 2.05 bits per heavy atom. The van der Waals surface area contributed by atoms with Crippen LogP contribution >= 0.6 is 0 Å². The van der Waals surface area contributed by atoms with Crippen molar-refractivity contribution in [2.45, 2.75) is 37.8 Å². The predicted molar refractivity (Wildman–Crippen MR) is 82.2 cm³/mol. The highest BCUT2D eigenvalue weighted by Crippen LogP contribution is 2.35. The number of hydrogen-bond donors (Lipinski definition) is 1. The molecule has 0 spiro atoms. The van der Waals surface area contributed by atoms with E-state index in [9.17, 15) is 0 Å². The fraction of sp³-hybridized carbons (Fsp3) is 0.500. The molecule has 22 heavy (non-hydrogen) atoms. The molecule has 1 saturated heterocycles. The summed E-state index contributed by atoms with van der Waals surface area (Å²) in [5, 5.41) is 3.51. The number of ether oxygens (including phenoxy) is 1. The van der Waals surface area contributed by atoms with E-state index in [1.165, 1.54) is 12.8 Å². The fourth-order valence-corrected chi connectivity index (χ4v) is 3.52. The molecule has 3 atom stereocenters. The number of aromatic nitrogens is 4. The van der Waals surface area contributed by atoms with Crippen molar-refractivity contribution < 1.29 is 4.74 Å². The third kappa shape index (κ3) is 2.66. The first kappa shape index (κ1) is 13.6. The lowest BCUT2D eigenvalue weighted by atomic mass is 9.82. The highest BCUT2D eigenvalue weighted by molar-refractivity contribution is 5.53. The largest absolute Gasteiger partial charge is 0.378 e. The monoisotopic (exact) mass is 297 g/mol. The number of fused-ring (bicyclic) bond motifs is 1. The second-order valence-corrected chi connectivity index (χ2v) is 5.90. The second kappa shape index (κ2) is 5.96. The molecule has 1 aliphatic heterocycles. The average molecular weight is 297 g/mol. The Morgan fingerprint density at radius 3 is 2.95 bits per heavy atom. The van der Waals surface area contributed by atoms with Crippen LogP contribution in [0, 0.1) is 5.92 Å². The Morgan fingerprint density at radius 1 is 1.05 bits per heavy atom. The van der Waals surface area contributed by atoms with Crippen LogP contribution in [0.2, 0.25) is 0 Å². The number of rotatable bonds is 3. The Balaban J connectivity index is 1.53. The van der Waals surface area contributed by atoms with Crippen molar-refractivity contribution in [3.63, 3.8) is 0 Å². The molecule has 0 bridgehead atoms. The van der Waals surface area contributed by atoms with E-state index in [1.807, 2.05) is 6.07 Å². The Kier molecular flexibility index (Phi) is 3.68. The van der Waals surface area contributed by atoms with Gasteiger partial charge in [-0.3, -0.25) is 9.97 Å². The molecular weight excluding hydrogens is 278 g/mol. The molecule has 6 nitrogen and oxygen atoms in total. The van der Waals surface area contributed by atoms with E-state index >= 15 is 0 Å². The lowest BCUT2D eigenvalue weighted by molar-refractivity contribution is 0.0619. The predicted octanol–water partition coefficient (Wildman–Crippen LogP) is 2.30. The van der Waals surface area contributed by atoms with E-state index in [0.29, 0.717) is 24.0 Å². The summed E-state index contributed by atoms with van der Waals surface area (Å²) in [6.07, 6.45) is 11.9. The Hall–Kier alpha value is -2.08. The maximum absolute atomic E-state index is 5.82. The van der Waals surface area contributed by atoms with Crippen molar-refractivity contribution in [1.82, 2.24) is 19.9 Å². The van der Waals surface area contributed by atoms with E-state index < -0.39 is 0 Å². The van der Waals surface area contributed by atoms with Crippen LogP contribution in [0.3, 0.4) is 0 Å². The molecule has 0 radical (unpaired) electrons. The summed E-state index contributed by atoms with van der Waals surface area (Å²) in [5.74, 6) is 1.25. The van der Waals surface area contributed by atoms with Gasteiger partial charge in [-0.1, -0.05) is 0 Å². The summed E-state index contributed by atoms with van der Waals surface area (Å²) in [4.78, 5) is 17.3. The van der Waals surface area contributed by atoms with Crippen molar-refractivity contribution >= 4 is 5.95 Å². The summed E-state index contributed by atoms with van der Waals surface area (Å²) in [5.41, 5.74) is 1.55. The zero-order valence-corrected chi connectivity index (χ0v) is 12.4. The SMILES string of the molecule is c1cnc(-c2ccnc(NC3CCCC4OCCC34)n2)cn1. The molecule has 0 aromatic carbocycles. The average Bonchev–Trinajstić information content (AvgIpc) is 3.06. The van der Waals surface area contributed by atoms with Crippen LogP contribution in [-0.4, -0.2) is 38.7 Å². The van der Waals surface area contributed by atoms with E-state index in [-0.39, 0.29) is 0 Å². The molecule has 1 saturated carbocycles. The van der Waals surface area contributed by atoms with Crippen LogP contribution in [0.4, 0.5) is 5.95 Å². The van der Waals surface area contributed by atoms with Gasteiger partial charge in [0.2, 0.25) is 5.95 Å². The summed E-state index contributed by atoms with van der Waals surface area (Å²) in [7, 11) is 0. The second-order valence-electron chi connectivity index (χ2n) is 5.90. The lowest BCUT2D eigenvalue weighted by Gasteiger charge is -2.33. The van der Waals surface area contributed by atoms with Gasteiger partial charge in [0.25, 0.3) is 0 Å². The Bertz CT molecular complexity index is 635. The van der Waals surface area contributed by atoms with Gasteiger partial charge < -0.3 is 10.1 Å². The van der Waals surface area contributed by atoms with Crippen LogP contribution < -0.4 is 5.32 Å². The molecule has 2 aromatic heterocycles. The van der Waals surface area contributed by atoms with Crippen LogP contribution in [0.1, 0.15) is 25.7 Å². The number of anilines is 1. The zero-order valence-electron chi connectivity index (χ0n) is 12.4. The van der Waals surface area contributed by atoms with Crippen molar-refractivity contribution in [2.24, 2.45) is 5.92 Å². The maximum Gasteiger partial charge on any atom is 0.223 e. The molecule has 1 N–H and O–H groups in total. The van der Waals surface area contributed by atoms with Crippen LogP contribution in [-0.2, 0) is 4.74 Å². The van der Waals surface area contributed by atoms with E-state index in [0.717, 1.165) is 30.8 Å². The molecule has 3 heterocycles. The minimum atomic E-state index is 0.401. The molecule has 2 fully saturated rings. The van der Waals surface area contributed by atoms with E-state index in [2.05, 4.69) is 25.3 Å². The van der Waals surface area contributed by atoms with Crippen molar-refractivity contribution in [2.75, 3.05) is 11.9 Å². The molecular formula is C16H19N5O. The van der Waals surface area contributed by atoms with Gasteiger partial charge in [0.05, 0.1) is 18.0 Å². The molecule has 1 aliphatic carbocycles. The summed E-state index contributed by atoms with van der Waals surface area (Å²) in [6.45, 7) is 0.883. The minimum Gasteiger partial charge on any atom is -0.378 e. The third-order valence-electron chi connectivity index (χ3n) is 4.58. The molecule has 0 amide bonds. The van der Waals surface area contributed by atoms with Crippen LogP contribution in [0.25, 0.3) is 11.4 Å². The molecule has 4 rings (SSSR count). The van der Waals surface area contributed by atoms with Gasteiger partial charge >= 0.3 is 0 Å². The Labute approximate surface area is 129 Å². The van der Waals surface area contributed by atoms with Gasteiger partial charge in [-0.05, 0) is 31.7 Å². The standard InChI is InChI=1S/C16H19N5O/c1-2-12(11-5-9-22-15(11)3-1)20-16-19-6-4-13(21-16)14-10-17-7-8-18-14/h4,6-8,10-12,15H,1-3,5,9H2,(H,19,20,21). The van der Waals surface area contributed by atoms with Crippen molar-refractivity contribution in [1.29, 1.82) is 0 Å². The fourth-order valence-electron chi connectivity index (χ4n) is 3.52. The van der Waals surface area contributed by atoms with Crippen molar-refractivity contribution in [3.8, 4) is 11.4 Å². The summed E-state index contributed by atoms with van der Waals surface area (Å²) < 4.78 is 5.82. The van der Waals surface area contributed by atoms with Gasteiger partial charge in [-0.25, -0.2) is 9.97 Å². The molecule has 2 aliphatic rings. The minimum absolute atomic E-state index is 0.401.